The average Bonchev–Trinajstić information content (AvgIpc) is 3.02. The molecule has 1 aromatic carbocycles. The smallest absolute Gasteiger partial charge is 0.132 e. The van der Waals surface area contributed by atoms with Crippen molar-refractivity contribution in [3.05, 3.63) is 34.9 Å². The zero-order valence-corrected chi connectivity index (χ0v) is 11.4. The maximum Gasteiger partial charge on any atom is 0.132 e. The Morgan fingerprint density at radius 1 is 1.20 bits per heavy atom. The second-order valence-corrected chi connectivity index (χ2v) is 5.69. The Morgan fingerprint density at radius 2 is 1.75 bits per heavy atom. The van der Waals surface area contributed by atoms with Crippen LogP contribution < -0.4 is 0 Å². The number of fused-ring (bicyclic) bond motifs is 2. The van der Waals surface area contributed by atoms with Crippen molar-refractivity contribution in [1.82, 2.24) is 4.90 Å². The third kappa shape index (κ3) is 2.00. The highest BCUT2D eigenvalue weighted by Crippen LogP contribution is 2.44. The van der Waals surface area contributed by atoms with Crippen molar-refractivity contribution >= 4 is 6.21 Å². The van der Waals surface area contributed by atoms with Crippen LogP contribution in [-0.2, 0) is 0 Å². The lowest BCUT2D eigenvalue weighted by Gasteiger charge is -2.30. The summed E-state index contributed by atoms with van der Waals surface area (Å²) in [6.07, 6.45) is 5.53. The minimum absolute atomic E-state index is 0.0475. The first-order valence-electron chi connectivity index (χ1n) is 7.06. The highest BCUT2D eigenvalue weighted by Gasteiger charge is 2.43. The van der Waals surface area contributed by atoms with Gasteiger partial charge in [0.15, 0.2) is 0 Å². The summed E-state index contributed by atoms with van der Waals surface area (Å²) in [6.45, 7) is 1.91. The second kappa shape index (κ2) is 5.13. The van der Waals surface area contributed by atoms with Gasteiger partial charge in [-0.15, -0.1) is 0 Å². The minimum atomic E-state index is -0.558. The molecule has 5 heteroatoms. The van der Waals surface area contributed by atoms with Gasteiger partial charge in [-0.2, -0.15) is 0 Å². The lowest BCUT2D eigenvalue weighted by molar-refractivity contribution is 0.185. The summed E-state index contributed by atoms with van der Waals surface area (Å²) in [4.78, 5) is 2.30. The van der Waals surface area contributed by atoms with Crippen LogP contribution in [0.1, 0.15) is 49.8 Å². The summed E-state index contributed by atoms with van der Waals surface area (Å²) >= 11 is 0. The van der Waals surface area contributed by atoms with Gasteiger partial charge in [-0.25, -0.2) is 8.78 Å². The van der Waals surface area contributed by atoms with E-state index in [-0.39, 0.29) is 11.6 Å². The van der Waals surface area contributed by atoms with Crippen LogP contribution in [0.25, 0.3) is 0 Å². The molecule has 2 heterocycles. The first kappa shape index (κ1) is 13.5. The van der Waals surface area contributed by atoms with E-state index in [1.807, 2.05) is 6.92 Å². The molecule has 1 unspecified atom stereocenters. The molecular weight excluding hydrogens is 262 g/mol. The fourth-order valence-electron chi connectivity index (χ4n) is 3.93. The first-order valence-corrected chi connectivity index (χ1v) is 7.06. The van der Waals surface area contributed by atoms with Crippen LogP contribution in [0.5, 0.6) is 0 Å². The molecule has 3 nitrogen and oxygen atoms in total. The van der Waals surface area contributed by atoms with Crippen molar-refractivity contribution in [2.75, 3.05) is 0 Å². The molecule has 0 aromatic heterocycles. The van der Waals surface area contributed by atoms with E-state index < -0.39 is 11.6 Å². The number of benzene rings is 1. The van der Waals surface area contributed by atoms with Crippen LogP contribution in [0.15, 0.2) is 17.3 Å². The summed E-state index contributed by atoms with van der Waals surface area (Å²) < 4.78 is 28.1. The Kier molecular flexibility index (Phi) is 3.46. The molecule has 2 saturated heterocycles. The Labute approximate surface area is 116 Å². The monoisotopic (exact) mass is 280 g/mol. The molecule has 3 rings (SSSR count). The van der Waals surface area contributed by atoms with Crippen LogP contribution in [0.4, 0.5) is 8.78 Å². The number of rotatable bonds is 3. The zero-order chi connectivity index (χ0) is 14.3. The Morgan fingerprint density at radius 3 is 2.30 bits per heavy atom. The first-order chi connectivity index (χ1) is 9.63. The molecule has 1 atom stereocenters. The average molecular weight is 280 g/mol. The van der Waals surface area contributed by atoms with E-state index >= 15 is 0 Å². The van der Waals surface area contributed by atoms with Gasteiger partial charge in [0.1, 0.15) is 11.6 Å². The Bertz CT molecular complexity index is 527. The van der Waals surface area contributed by atoms with Gasteiger partial charge < -0.3 is 5.21 Å². The lowest BCUT2D eigenvalue weighted by Crippen LogP contribution is -2.32. The van der Waals surface area contributed by atoms with Crippen molar-refractivity contribution in [1.29, 1.82) is 0 Å². The van der Waals surface area contributed by atoms with E-state index in [1.165, 1.54) is 0 Å². The summed E-state index contributed by atoms with van der Waals surface area (Å²) in [7, 11) is 0. The van der Waals surface area contributed by atoms with Crippen LogP contribution in [0.3, 0.4) is 0 Å². The molecule has 0 radical (unpaired) electrons. The Balaban J connectivity index is 2.03. The van der Waals surface area contributed by atoms with E-state index in [9.17, 15) is 8.78 Å². The summed E-state index contributed by atoms with van der Waals surface area (Å²) in [5.41, 5.74) is 0.341. The number of oxime groups is 1. The van der Waals surface area contributed by atoms with Crippen molar-refractivity contribution < 1.29 is 14.0 Å². The van der Waals surface area contributed by atoms with E-state index in [2.05, 4.69) is 10.1 Å². The van der Waals surface area contributed by atoms with Crippen molar-refractivity contribution in [2.45, 2.75) is 50.7 Å². The maximum absolute atomic E-state index is 14.2. The van der Waals surface area contributed by atoms with Gasteiger partial charge in [0, 0.05) is 29.3 Å². The van der Waals surface area contributed by atoms with Crippen LogP contribution in [-0.4, -0.2) is 28.4 Å². The molecule has 0 aliphatic carbocycles. The van der Waals surface area contributed by atoms with Crippen LogP contribution >= 0.6 is 0 Å². The molecule has 2 aliphatic rings. The topological polar surface area (TPSA) is 35.8 Å². The van der Waals surface area contributed by atoms with Crippen LogP contribution in [0.2, 0.25) is 0 Å². The van der Waals surface area contributed by atoms with Gasteiger partial charge in [0.25, 0.3) is 0 Å². The zero-order valence-electron chi connectivity index (χ0n) is 11.4. The predicted octanol–water partition coefficient (Wildman–Crippen LogP) is 3.46. The molecule has 2 fully saturated rings. The summed E-state index contributed by atoms with van der Waals surface area (Å²) in [5.74, 6) is -1.00. The van der Waals surface area contributed by atoms with Crippen LogP contribution in [0, 0.1) is 11.6 Å². The fraction of sp³-hybridized carbons (Fsp3) is 0.533. The van der Waals surface area contributed by atoms with Gasteiger partial charge in [0.05, 0.1) is 6.21 Å². The molecule has 0 amide bonds. The third-order valence-corrected chi connectivity index (χ3v) is 4.74. The molecule has 0 spiro atoms. The molecule has 2 aliphatic heterocycles. The molecule has 0 saturated carbocycles. The second-order valence-electron chi connectivity index (χ2n) is 5.69. The Hall–Kier alpha value is -1.49. The van der Waals surface area contributed by atoms with E-state index in [4.69, 9.17) is 5.21 Å². The van der Waals surface area contributed by atoms with Gasteiger partial charge >= 0.3 is 0 Å². The fourth-order valence-corrected chi connectivity index (χ4v) is 3.93. The van der Waals surface area contributed by atoms with Gasteiger partial charge in [-0.05, 0) is 44.7 Å². The number of hydrogen-bond donors (Lipinski definition) is 1. The quantitative estimate of drug-likeness (QED) is 0.523. The van der Waals surface area contributed by atoms with Gasteiger partial charge in [-0.1, -0.05) is 5.16 Å². The van der Waals surface area contributed by atoms with Crippen molar-refractivity contribution in [3.63, 3.8) is 0 Å². The number of hydrogen-bond acceptors (Lipinski definition) is 3. The third-order valence-electron chi connectivity index (χ3n) is 4.74. The molecule has 108 valence electrons. The van der Waals surface area contributed by atoms with E-state index in [0.717, 1.165) is 44.0 Å². The summed E-state index contributed by atoms with van der Waals surface area (Å²) in [6, 6.07) is 2.95. The SMILES string of the molecule is CC(c1c(F)ccc(F)c1/C=N/O)N1C2CCC1CC2. The maximum atomic E-state index is 14.2. The van der Waals surface area contributed by atoms with Gasteiger partial charge in [0.2, 0.25) is 0 Å². The molecule has 1 N–H and O–H groups in total. The molecule has 1 aromatic rings. The highest BCUT2D eigenvalue weighted by atomic mass is 19.1. The van der Waals surface area contributed by atoms with E-state index in [1.54, 1.807) is 0 Å². The normalized spacial score (nSPS) is 27.6. The standard InChI is InChI=1S/C15H18F2N2O/c1-9(19-10-2-3-11(19)5-4-10)15-12(8-18-20)13(16)6-7-14(15)17/h6-11,20H,2-5H2,1H3/b18-8+. The lowest BCUT2D eigenvalue weighted by atomic mass is 9.99. The summed E-state index contributed by atoms with van der Waals surface area (Å²) in [5, 5.41) is 11.6. The minimum Gasteiger partial charge on any atom is -0.411 e. The van der Waals surface area contributed by atoms with Crippen molar-refractivity contribution in [2.24, 2.45) is 5.16 Å². The number of nitrogens with zero attached hydrogens (tertiary/aromatic N) is 2. The van der Waals surface area contributed by atoms with Gasteiger partial charge in [-0.3, -0.25) is 4.90 Å². The van der Waals surface area contributed by atoms with Crippen molar-refractivity contribution in [3.8, 4) is 0 Å². The number of halogens is 2. The van der Waals surface area contributed by atoms with E-state index in [0.29, 0.717) is 17.6 Å². The molecular formula is C15H18F2N2O. The largest absolute Gasteiger partial charge is 0.411 e. The predicted molar refractivity (Wildman–Crippen MR) is 72.0 cm³/mol. The molecule has 2 bridgehead atoms. The molecule has 20 heavy (non-hydrogen) atoms. The highest BCUT2D eigenvalue weighted by molar-refractivity contribution is 5.82.